The molecule has 8 nitrogen and oxygen atoms in total. The number of carbonyl (C=O) groups is 1. The number of anilines is 1. The molecule has 0 bridgehead atoms. The first kappa shape index (κ1) is 18.8. The number of rotatable bonds is 3. The van der Waals surface area contributed by atoms with Gasteiger partial charge in [-0.05, 0) is 25.9 Å². The van der Waals surface area contributed by atoms with Crippen molar-refractivity contribution in [3.05, 3.63) is 16.9 Å². The lowest BCUT2D eigenvalue weighted by atomic mass is 9.98. The number of hydrogen-bond acceptors (Lipinski definition) is 7. The van der Waals surface area contributed by atoms with E-state index in [1.165, 1.54) is 11.3 Å². The third-order valence-electron chi connectivity index (χ3n) is 3.71. The van der Waals surface area contributed by atoms with Crippen LogP contribution in [0.2, 0.25) is 0 Å². The van der Waals surface area contributed by atoms with Crippen LogP contribution >= 0.6 is 23.7 Å². The molecular weight excluding hydrogens is 350 g/mol. The average molecular weight is 372 g/mol. The first-order valence-electron chi connectivity index (χ1n) is 7.71. The van der Waals surface area contributed by atoms with Crippen molar-refractivity contribution in [2.75, 3.05) is 18.4 Å². The molecule has 1 saturated heterocycles. The molecule has 1 amide bonds. The van der Waals surface area contributed by atoms with Gasteiger partial charge < -0.3 is 5.32 Å². The van der Waals surface area contributed by atoms with Crippen molar-refractivity contribution in [1.29, 1.82) is 0 Å². The Morgan fingerprint density at radius 1 is 1.29 bits per heavy atom. The van der Waals surface area contributed by atoms with E-state index < -0.39 is 0 Å². The fourth-order valence-electron chi connectivity index (χ4n) is 2.37. The van der Waals surface area contributed by atoms with Crippen LogP contribution in [0.4, 0.5) is 5.13 Å². The molecule has 0 atom stereocenters. The molecule has 2 N–H and O–H groups in total. The van der Waals surface area contributed by atoms with Gasteiger partial charge in [0.15, 0.2) is 5.69 Å². The maximum atomic E-state index is 12.3. The number of hydrogen-bond donors (Lipinski definition) is 2. The normalized spacial score (nSPS) is 15.8. The van der Waals surface area contributed by atoms with Gasteiger partial charge in [0, 0.05) is 5.41 Å². The van der Waals surface area contributed by atoms with Gasteiger partial charge in [-0.3, -0.25) is 10.1 Å². The number of aromatic nitrogens is 5. The van der Waals surface area contributed by atoms with Crippen molar-refractivity contribution in [1.82, 2.24) is 30.5 Å². The Morgan fingerprint density at radius 2 is 2.00 bits per heavy atom. The van der Waals surface area contributed by atoms with E-state index in [-0.39, 0.29) is 23.7 Å². The molecule has 0 aromatic carbocycles. The Balaban J connectivity index is 0.00000208. The van der Waals surface area contributed by atoms with Crippen LogP contribution in [0, 0.1) is 0 Å². The van der Waals surface area contributed by atoms with Crippen LogP contribution in [0.5, 0.6) is 0 Å². The molecule has 0 saturated carbocycles. The SMILES string of the molecule is CC(C)(C)c1nnc(NC(=O)c2cn(C3CCNCC3)nn2)s1.Cl. The Kier molecular flexibility index (Phi) is 5.89. The van der Waals surface area contributed by atoms with Crippen molar-refractivity contribution in [3.63, 3.8) is 0 Å². The highest BCUT2D eigenvalue weighted by Crippen LogP contribution is 2.27. The van der Waals surface area contributed by atoms with E-state index in [0.29, 0.717) is 16.9 Å². The second-order valence-corrected chi connectivity index (χ2v) is 7.66. The van der Waals surface area contributed by atoms with Gasteiger partial charge in [0.1, 0.15) is 5.01 Å². The van der Waals surface area contributed by atoms with Crippen LogP contribution in [-0.4, -0.2) is 44.2 Å². The van der Waals surface area contributed by atoms with Crippen molar-refractivity contribution in [2.24, 2.45) is 0 Å². The lowest BCUT2D eigenvalue weighted by Gasteiger charge is -2.21. The van der Waals surface area contributed by atoms with Gasteiger partial charge in [0.05, 0.1) is 12.2 Å². The minimum absolute atomic E-state index is 0. The van der Waals surface area contributed by atoms with Crippen molar-refractivity contribution in [2.45, 2.75) is 45.1 Å². The number of nitrogens with one attached hydrogen (secondary N) is 2. The molecule has 3 heterocycles. The van der Waals surface area contributed by atoms with E-state index in [1.807, 2.05) is 0 Å². The molecular formula is C14H22ClN7OS. The van der Waals surface area contributed by atoms with Crippen LogP contribution in [0.15, 0.2) is 6.20 Å². The van der Waals surface area contributed by atoms with Gasteiger partial charge in [-0.15, -0.1) is 27.7 Å². The van der Waals surface area contributed by atoms with Crippen LogP contribution in [-0.2, 0) is 5.41 Å². The van der Waals surface area contributed by atoms with Crippen molar-refractivity contribution < 1.29 is 4.79 Å². The zero-order chi connectivity index (χ0) is 16.4. The summed E-state index contributed by atoms with van der Waals surface area (Å²) < 4.78 is 1.79. The van der Waals surface area contributed by atoms with E-state index in [1.54, 1.807) is 10.9 Å². The predicted molar refractivity (Wildman–Crippen MR) is 95.0 cm³/mol. The molecule has 3 rings (SSSR count). The molecule has 1 fully saturated rings. The summed E-state index contributed by atoms with van der Waals surface area (Å²) in [4.78, 5) is 12.3. The monoisotopic (exact) mass is 371 g/mol. The van der Waals surface area contributed by atoms with E-state index in [4.69, 9.17) is 0 Å². The fraction of sp³-hybridized carbons (Fsp3) is 0.643. The summed E-state index contributed by atoms with van der Waals surface area (Å²) in [5.41, 5.74) is 0.217. The molecule has 24 heavy (non-hydrogen) atoms. The smallest absolute Gasteiger partial charge is 0.279 e. The molecule has 2 aromatic heterocycles. The minimum Gasteiger partial charge on any atom is -0.317 e. The van der Waals surface area contributed by atoms with Gasteiger partial charge in [-0.1, -0.05) is 37.3 Å². The van der Waals surface area contributed by atoms with Gasteiger partial charge in [-0.25, -0.2) is 4.68 Å². The van der Waals surface area contributed by atoms with Crippen molar-refractivity contribution in [3.8, 4) is 0 Å². The van der Waals surface area contributed by atoms with Gasteiger partial charge >= 0.3 is 0 Å². The second kappa shape index (κ2) is 7.54. The van der Waals surface area contributed by atoms with Crippen LogP contribution < -0.4 is 10.6 Å². The number of piperidine rings is 1. The van der Waals surface area contributed by atoms with Crippen molar-refractivity contribution >= 4 is 34.8 Å². The highest BCUT2D eigenvalue weighted by Gasteiger charge is 2.22. The summed E-state index contributed by atoms with van der Waals surface area (Å²) in [7, 11) is 0. The fourth-order valence-corrected chi connectivity index (χ4v) is 3.16. The summed E-state index contributed by atoms with van der Waals surface area (Å²) in [6.45, 7) is 8.11. The molecule has 132 valence electrons. The summed E-state index contributed by atoms with van der Waals surface area (Å²) in [6, 6.07) is 0.305. The largest absolute Gasteiger partial charge is 0.317 e. The first-order chi connectivity index (χ1) is 10.9. The standard InChI is InChI=1S/C14H21N7OS.ClH/c1-14(2,3)12-18-19-13(23-12)16-11(22)10-8-21(20-17-10)9-4-6-15-7-5-9;/h8-9,15H,4-7H2,1-3H3,(H,16,19,22);1H. The predicted octanol–water partition coefficient (Wildman–Crippen LogP) is 2.03. The van der Waals surface area contributed by atoms with E-state index in [2.05, 4.69) is 51.9 Å². The molecule has 0 unspecified atom stereocenters. The number of amides is 1. The maximum absolute atomic E-state index is 12.3. The molecule has 0 spiro atoms. The molecule has 2 aromatic rings. The molecule has 0 radical (unpaired) electrons. The third-order valence-corrected chi connectivity index (χ3v) is 4.98. The molecule has 0 aliphatic carbocycles. The quantitative estimate of drug-likeness (QED) is 0.856. The highest BCUT2D eigenvalue weighted by molar-refractivity contribution is 7.15. The first-order valence-corrected chi connectivity index (χ1v) is 8.53. The average Bonchev–Trinajstić information content (AvgIpc) is 3.16. The summed E-state index contributed by atoms with van der Waals surface area (Å²) in [6.07, 6.45) is 3.70. The highest BCUT2D eigenvalue weighted by atomic mass is 35.5. The Hall–Kier alpha value is -1.58. The van der Waals surface area contributed by atoms with Crippen LogP contribution in [0.3, 0.4) is 0 Å². The van der Waals surface area contributed by atoms with Gasteiger partial charge in [0.25, 0.3) is 5.91 Å². The van der Waals surface area contributed by atoms with E-state index >= 15 is 0 Å². The van der Waals surface area contributed by atoms with Crippen LogP contribution in [0.25, 0.3) is 0 Å². The molecule has 1 aliphatic rings. The summed E-state index contributed by atoms with van der Waals surface area (Å²) >= 11 is 1.38. The third kappa shape index (κ3) is 4.28. The van der Waals surface area contributed by atoms with E-state index in [0.717, 1.165) is 30.9 Å². The number of halogens is 1. The number of nitrogens with zero attached hydrogens (tertiary/aromatic N) is 5. The number of carbonyl (C=O) groups excluding carboxylic acids is 1. The van der Waals surface area contributed by atoms with Gasteiger partial charge in [-0.2, -0.15) is 0 Å². The summed E-state index contributed by atoms with van der Waals surface area (Å²) in [5, 5.41) is 23.6. The Morgan fingerprint density at radius 3 is 2.62 bits per heavy atom. The van der Waals surface area contributed by atoms with Gasteiger partial charge in [0.2, 0.25) is 5.13 Å². The lowest BCUT2D eigenvalue weighted by Crippen LogP contribution is -2.29. The van der Waals surface area contributed by atoms with E-state index in [9.17, 15) is 4.79 Å². The zero-order valence-electron chi connectivity index (χ0n) is 13.9. The second-order valence-electron chi connectivity index (χ2n) is 6.68. The summed E-state index contributed by atoms with van der Waals surface area (Å²) in [5.74, 6) is -0.304. The Bertz CT molecular complexity index is 687. The Labute approximate surface area is 150 Å². The maximum Gasteiger partial charge on any atom is 0.279 e. The minimum atomic E-state index is -0.304. The van der Waals surface area contributed by atoms with Crippen LogP contribution in [0.1, 0.15) is 55.2 Å². The lowest BCUT2D eigenvalue weighted by molar-refractivity contribution is 0.102. The molecule has 10 heteroatoms. The zero-order valence-corrected chi connectivity index (χ0v) is 15.6. The molecule has 1 aliphatic heterocycles. The topological polar surface area (TPSA) is 97.6 Å².